The highest BCUT2D eigenvalue weighted by Crippen LogP contribution is 2.30. The van der Waals surface area contributed by atoms with E-state index in [1.165, 1.54) is 12.4 Å². The van der Waals surface area contributed by atoms with Crippen molar-refractivity contribution in [3.05, 3.63) is 66.2 Å². The molecule has 3 aromatic rings. The van der Waals surface area contributed by atoms with E-state index in [9.17, 15) is 21.6 Å². The summed E-state index contributed by atoms with van der Waals surface area (Å²) in [6.45, 7) is 0. The molecule has 2 aromatic heterocycles. The zero-order valence-corrected chi connectivity index (χ0v) is 13.9. The second-order valence-electron chi connectivity index (χ2n) is 5.25. The molecule has 0 saturated heterocycles. The number of alkyl halides is 3. The molecule has 1 aromatic carbocycles. The van der Waals surface area contributed by atoms with E-state index in [2.05, 4.69) is 19.9 Å². The molecule has 2 heterocycles. The Morgan fingerprint density at radius 1 is 1.00 bits per heavy atom. The maximum Gasteiger partial charge on any atom is 0.433 e. The maximum absolute atomic E-state index is 13.2. The van der Waals surface area contributed by atoms with Crippen molar-refractivity contribution in [3.8, 4) is 11.5 Å². The molecule has 0 spiro atoms. The van der Waals surface area contributed by atoms with E-state index >= 15 is 0 Å². The van der Waals surface area contributed by atoms with E-state index in [0.717, 1.165) is 6.20 Å². The van der Waals surface area contributed by atoms with E-state index < -0.39 is 38.3 Å². The summed E-state index contributed by atoms with van der Waals surface area (Å²) in [4.78, 5) is 14.7. The van der Waals surface area contributed by atoms with Gasteiger partial charge in [0.25, 0.3) is 0 Å². The quantitative estimate of drug-likeness (QED) is 0.647. The SMILES string of the molecule is O=S(=O)(Cc1ccccc1)c1cc(C(F)(F)F)nc(-c2cnccn2)n1. The normalized spacial score (nSPS) is 12.1. The third kappa shape index (κ3) is 4.02. The Balaban J connectivity index is 2.11. The van der Waals surface area contributed by atoms with Gasteiger partial charge in [0.05, 0.1) is 11.9 Å². The summed E-state index contributed by atoms with van der Waals surface area (Å²) in [5.74, 6) is -0.943. The van der Waals surface area contributed by atoms with Gasteiger partial charge in [0.15, 0.2) is 20.7 Å². The molecule has 0 amide bonds. The Labute approximate surface area is 146 Å². The van der Waals surface area contributed by atoms with Gasteiger partial charge in [-0.2, -0.15) is 13.2 Å². The van der Waals surface area contributed by atoms with Crippen LogP contribution in [-0.4, -0.2) is 28.4 Å². The Morgan fingerprint density at radius 3 is 2.35 bits per heavy atom. The topological polar surface area (TPSA) is 85.7 Å². The van der Waals surface area contributed by atoms with Crippen LogP contribution in [0.1, 0.15) is 11.3 Å². The fourth-order valence-corrected chi connectivity index (χ4v) is 3.42. The van der Waals surface area contributed by atoms with Crippen LogP contribution in [-0.2, 0) is 21.8 Å². The number of aromatic nitrogens is 4. The highest BCUT2D eigenvalue weighted by Gasteiger charge is 2.35. The van der Waals surface area contributed by atoms with Crippen LogP contribution in [0.3, 0.4) is 0 Å². The first-order chi connectivity index (χ1) is 12.3. The van der Waals surface area contributed by atoms with E-state index in [-0.39, 0.29) is 5.69 Å². The van der Waals surface area contributed by atoms with Gasteiger partial charge in [0, 0.05) is 18.5 Å². The summed E-state index contributed by atoms with van der Waals surface area (Å²) in [7, 11) is -4.13. The van der Waals surface area contributed by atoms with Crippen LogP contribution in [0.4, 0.5) is 13.2 Å². The first kappa shape index (κ1) is 17.9. The lowest BCUT2D eigenvalue weighted by atomic mass is 10.2. The van der Waals surface area contributed by atoms with Crippen LogP contribution in [0.5, 0.6) is 0 Å². The maximum atomic E-state index is 13.2. The van der Waals surface area contributed by atoms with Gasteiger partial charge in [-0.25, -0.2) is 23.4 Å². The fraction of sp³-hybridized carbons (Fsp3) is 0.125. The molecule has 0 aliphatic rings. The molecule has 134 valence electrons. The first-order valence-electron chi connectivity index (χ1n) is 7.25. The highest BCUT2D eigenvalue weighted by molar-refractivity contribution is 7.90. The lowest BCUT2D eigenvalue weighted by Gasteiger charge is -2.11. The minimum absolute atomic E-state index is 0.0604. The predicted octanol–water partition coefficient (Wildman–Crippen LogP) is 2.93. The average Bonchev–Trinajstić information content (AvgIpc) is 2.62. The van der Waals surface area contributed by atoms with Gasteiger partial charge in [0.1, 0.15) is 11.4 Å². The second-order valence-corrected chi connectivity index (χ2v) is 7.18. The Hall–Kier alpha value is -2.88. The molecular formula is C16H11F3N4O2S. The number of nitrogens with zero attached hydrogens (tertiary/aromatic N) is 4. The van der Waals surface area contributed by atoms with Crippen molar-refractivity contribution in [3.63, 3.8) is 0 Å². The molecule has 0 fully saturated rings. The number of halogens is 3. The summed E-state index contributed by atoms with van der Waals surface area (Å²) in [6, 6.07) is 8.53. The third-order valence-electron chi connectivity index (χ3n) is 3.30. The van der Waals surface area contributed by atoms with Gasteiger partial charge in [0.2, 0.25) is 0 Å². The third-order valence-corrected chi connectivity index (χ3v) is 4.86. The van der Waals surface area contributed by atoms with Gasteiger partial charge in [-0.3, -0.25) is 4.98 Å². The molecule has 0 bridgehead atoms. The van der Waals surface area contributed by atoms with E-state index in [4.69, 9.17) is 0 Å². The number of sulfone groups is 1. The summed E-state index contributed by atoms with van der Waals surface area (Å²) >= 11 is 0. The summed E-state index contributed by atoms with van der Waals surface area (Å²) < 4.78 is 64.6. The van der Waals surface area contributed by atoms with E-state index in [1.807, 2.05) is 0 Å². The summed E-state index contributed by atoms with van der Waals surface area (Å²) in [5.41, 5.74) is -0.990. The van der Waals surface area contributed by atoms with E-state index in [1.54, 1.807) is 30.3 Å². The highest BCUT2D eigenvalue weighted by atomic mass is 32.2. The molecule has 10 heteroatoms. The van der Waals surface area contributed by atoms with Crippen molar-refractivity contribution >= 4 is 9.84 Å². The zero-order valence-electron chi connectivity index (χ0n) is 13.1. The van der Waals surface area contributed by atoms with E-state index in [0.29, 0.717) is 11.6 Å². The van der Waals surface area contributed by atoms with Gasteiger partial charge in [-0.15, -0.1) is 0 Å². The average molecular weight is 380 g/mol. The van der Waals surface area contributed by atoms with Gasteiger partial charge >= 0.3 is 6.18 Å². The van der Waals surface area contributed by atoms with Crippen molar-refractivity contribution in [1.82, 2.24) is 19.9 Å². The second kappa shape index (κ2) is 6.79. The van der Waals surface area contributed by atoms with Gasteiger partial charge < -0.3 is 0 Å². The lowest BCUT2D eigenvalue weighted by molar-refractivity contribution is -0.141. The molecule has 0 N–H and O–H groups in total. The Bertz CT molecular complexity index is 1010. The molecule has 0 radical (unpaired) electrons. The molecule has 26 heavy (non-hydrogen) atoms. The van der Waals surface area contributed by atoms with Crippen LogP contribution in [0.25, 0.3) is 11.5 Å². The number of hydrogen-bond acceptors (Lipinski definition) is 6. The molecule has 0 aliphatic carbocycles. The largest absolute Gasteiger partial charge is 0.433 e. The monoisotopic (exact) mass is 380 g/mol. The number of rotatable bonds is 4. The number of hydrogen-bond donors (Lipinski definition) is 0. The molecule has 6 nitrogen and oxygen atoms in total. The van der Waals surface area contributed by atoms with Gasteiger partial charge in [-0.05, 0) is 5.56 Å². The molecule has 0 aliphatic heterocycles. The van der Waals surface area contributed by atoms with Crippen molar-refractivity contribution in [2.75, 3.05) is 0 Å². The first-order valence-corrected chi connectivity index (χ1v) is 8.90. The van der Waals surface area contributed by atoms with Crippen molar-refractivity contribution < 1.29 is 21.6 Å². The van der Waals surface area contributed by atoms with Crippen molar-refractivity contribution in [2.45, 2.75) is 17.0 Å². The smallest absolute Gasteiger partial charge is 0.261 e. The van der Waals surface area contributed by atoms with Crippen molar-refractivity contribution in [1.29, 1.82) is 0 Å². The molecule has 0 saturated carbocycles. The molecule has 3 rings (SSSR count). The lowest BCUT2D eigenvalue weighted by Crippen LogP contribution is -2.15. The Kier molecular flexibility index (Phi) is 4.68. The minimum Gasteiger partial charge on any atom is -0.261 e. The predicted molar refractivity (Wildman–Crippen MR) is 85.4 cm³/mol. The molecule has 0 unspecified atom stereocenters. The van der Waals surface area contributed by atoms with Crippen LogP contribution in [0.2, 0.25) is 0 Å². The van der Waals surface area contributed by atoms with Crippen LogP contribution in [0, 0.1) is 0 Å². The zero-order chi connectivity index (χ0) is 18.8. The minimum atomic E-state index is -4.84. The fourth-order valence-electron chi connectivity index (χ4n) is 2.13. The Morgan fingerprint density at radius 2 is 1.73 bits per heavy atom. The molecular weight excluding hydrogens is 369 g/mol. The summed E-state index contributed by atoms with van der Waals surface area (Å²) in [6.07, 6.45) is -1.11. The number of benzene rings is 1. The van der Waals surface area contributed by atoms with Crippen LogP contribution >= 0.6 is 0 Å². The molecule has 0 atom stereocenters. The standard InChI is InChI=1S/C16H11F3N4O2S/c17-16(18,19)13-8-14(23-15(22-13)12-9-20-6-7-21-12)26(24,25)10-11-4-2-1-3-5-11/h1-9H,10H2. The summed E-state index contributed by atoms with van der Waals surface area (Å²) in [5, 5.41) is -0.718. The van der Waals surface area contributed by atoms with Crippen molar-refractivity contribution in [2.24, 2.45) is 0 Å². The van der Waals surface area contributed by atoms with Crippen LogP contribution in [0.15, 0.2) is 60.0 Å². The van der Waals surface area contributed by atoms with Crippen LogP contribution < -0.4 is 0 Å². The van der Waals surface area contributed by atoms with Gasteiger partial charge in [-0.1, -0.05) is 30.3 Å².